The number of hydrogen-bond acceptors (Lipinski definition) is 5. The van der Waals surface area contributed by atoms with E-state index >= 15 is 0 Å². The van der Waals surface area contributed by atoms with Gasteiger partial charge in [-0.3, -0.25) is 0 Å². The van der Waals surface area contributed by atoms with Crippen molar-refractivity contribution in [3.63, 3.8) is 0 Å². The highest BCUT2D eigenvalue weighted by Crippen LogP contribution is 2.42. The second-order valence-corrected chi connectivity index (χ2v) is 13.4. The normalized spacial score (nSPS) is 14.5. The topological polar surface area (TPSA) is 76.0 Å². The van der Waals surface area contributed by atoms with E-state index in [1.165, 1.54) is 0 Å². The van der Waals surface area contributed by atoms with Crippen LogP contribution in [0.25, 0.3) is 0 Å². The average Bonchev–Trinajstić information content (AvgIpc) is 2.91. The van der Waals surface area contributed by atoms with Crippen LogP contribution in [0.1, 0.15) is 34.0 Å². The minimum atomic E-state index is -1.29. The molecule has 0 amide bonds. The number of carbonyl (C=O) groups excluding carboxylic acids is 1. The third-order valence-corrected chi connectivity index (χ3v) is 6.16. The first kappa shape index (κ1) is 19.5. The average molecular weight is 365 g/mol. The summed E-state index contributed by atoms with van der Waals surface area (Å²) in [6, 6.07) is 0.955. The van der Waals surface area contributed by atoms with Gasteiger partial charge in [-0.25, -0.2) is 4.79 Å². The second kappa shape index (κ2) is 7.62. The van der Waals surface area contributed by atoms with Crippen LogP contribution in [0.4, 0.5) is 0 Å². The maximum atomic E-state index is 12.2. The molecule has 0 aromatic heterocycles. The molecule has 0 unspecified atom stereocenters. The Kier molecular flexibility index (Phi) is 5.95. The second-order valence-electron chi connectivity index (χ2n) is 7.78. The van der Waals surface area contributed by atoms with Crippen molar-refractivity contribution >= 4 is 14.0 Å². The van der Waals surface area contributed by atoms with Crippen LogP contribution >= 0.6 is 0 Å². The molecule has 0 radical (unpaired) electrons. The number of hydrogen-bond donors (Lipinski definition) is 2. The van der Waals surface area contributed by atoms with Crippen molar-refractivity contribution in [2.24, 2.45) is 0 Å². The van der Waals surface area contributed by atoms with Crippen molar-refractivity contribution in [2.75, 3.05) is 13.2 Å². The number of phenols is 1. The van der Waals surface area contributed by atoms with E-state index in [2.05, 4.69) is 19.6 Å². The third kappa shape index (κ3) is 4.44. The van der Waals surface area contributed by atoms with Crippen LogP contribution in [-0.4, -0.2) is 37.5 Å². The first-order valence-corrected chi connectivity index (χ1v) is 12.3. The van der Waals surface area contributed by atoms with E-state index in [4.69, 9.17) is 9.47 Å². The monoisotopic (exact) mass is 364 g/mol. The summed E-state index contributed by atoms with van der Waals surface area (Å²) in [4.78, 5) is 12.2. The molecular formula is C19H28O5Si. The number of esters is 1. The molecule has 0 saturated carbocycles. The number of aliphatic hydroxyl groups excluding tert-OH is 1. The summed E-state index contributed by atoms with van der Waals surface area (Å²) >= 11 is 0. The largest absolute Gasteiger partial charge is 0.507 e. The summed E-state index contributed by atoms with van der Waals surface area (Å²) < 4.78 is 11.2. The SMILES string of the molecule is CC(=CCc1c(O)c(C)c2c(c1OCC[Si](C)(C)C)C(=O)OC2)CO. The van der Waals surface area contributed by atoms with E-state index < -0.39 is 14.0 Å². The molecule has 1 heterocycles. The van der Waals surface area contributed by atoms with Crippen molar-refractivity contribution in [3.05, 3.63) is 33.9 Å². The smallest absolute Gasteiger partial charge is 0.342 e. The zero-order valence-corrected chi connectivity index (χ0v) is 16.7. The quantitative estimate of drug-likeness (QED) is 0.439. The van der Waals surface area contributed by atoms with Gasteiger partial charge in [0.05, 0.1) is 13.2 Å². The van der Waals surface area contributed by atoms with Gasteiger partial charge in [0.2, 0.25) is 0 Å². The molecular weight excluding hydrogens is 336 g/mol. The molecule has 5 nitrogen and oxygen atoms in total. The molecule has 1 aliphatic heterocycles. The molecule has 6 heteroatoms. The summed E-state index contributed by atoms with van der Waals surface area (Å²) in [5, 5.41) is 19.8. The van der Waals surface area contributed by atoms with Gasteiger partial charge in [-0.2, -0.15) is 0 Å². The van der Waals surface area contributed by atoms with E-state index in [9.17, 15) is 15.0 Å². The number of carbonyl (C=O) groups is 1. The van der Waals surface area contributed by atoms with Gasteiger partial charge < -0.3 is 19.7 Å². The summed E-state index contributed by atoms with van der Waals surface area (Å²) in [6.07, 6.45) is 2.23. The lowest BCUT2D eigenvalue weighted by molar-refractivity contribution is 0.0532. The van der Waals surface area contributed by atoms with E-state index in [0.29, 0.717) is 41.0 Å². The highest BCUT2D eigenvalue weighted by atomic mass is 28.3. The van der Waals surface area contributed by atoms with Crippen LogP contribution < -0.4 is 4.74 Å². The molecule has 0 bridgehead atoms. The molecule has 0 fully saturated rings. The zero-order chi connectivity index (χ0) is 18.8. The Bertz CT molecular complexity index is 701. The first-order chi connectivity index (χ1) is 11.7. The van der Waals surface area contributed by atoms with Crippen molar-refractivity contribution in [1.82, 2.24) is 0 Å². The predicted molar refractivity (Wildman–Crippen MR) is 100 cm³/mol. The predicted octanol–water partition coefficient (Wildman–Crippen LogP) is 3.57. The van der Waals surface area contributed by atoms with Crippen molar-refractivity contribution in [3.8, 4) is 11.5 Å². The molecule has 138 valence electrons. The van der Waals surface area contributed by atoms with Gasteiger partial charge in [0.15, 0.2) is 0 Å². The number of phenolic OH excluding ortho intramolecular Hbond substituents is 1. The summed E-state index contributed by atoms with van der Waals surface area (Å²) in [6.45, 7) is 11.0. The Labute approximate surface area is 150 Å². The van der Waals surface area contributed by atoms with Gasteiger partial charge in [-0.05, 0) is 31.9 Å². The van der Waals surface area contributed by atoms with E-state index in [1.807, 2.05) is 13.0 Å². The standard InChI is InChI=1S/C19H28O5Si/c1-12(10-20)6-7-14-17(21)13(2)15-11-24-19(22)16(15)18(14)23-8-9-25(3,4)5/h6,20-21H,7-11H2,1-5H3. The number of aliphatic hydroxyl groups is 1. The van der Waals surface area contributed by atoms with Crippen LogP contribution in [-0.2, 0) is 17.8 Å². The van der Waals surface area contributed by atoms with Gasteiger partial charge in [0, 0.05) is 19.2 Å². The van der Waals surface area contributed by atoms with Crippen LogP contribution in [0, 0.1) is 6.92 Å². The molecule has 1 aromatic carbocycles. The Morgan fingerprint density at radius 2 is 2.04 bits per heavy atom. The fourth-order valence-corrected chi connectivity index (χ4v) is 3.42. The number of cyclic esters (lactones) is 1. The lowest BCUT2D eigenvalue weighted by Gasteiger charge is -2.20. The Morgan fingerprint density at radius 1 is 1.36 bits per heavy atom. The molecule has 2 N–H and O–H groups in total. The van der Waals surface area contributed by atoms with E-state index in [-0.39, 0.29) is 19.0 Å². The van der Waals surface area contributed by atoms with Gasteiger partial charge in [0.25, 0.3) is 0 Å². The fourth-order valence-electron chi connectivity index (χ4n) is 2.71. The summed E-state index contributed by atoms with van der Waals surface area (Å²) in [7, 11) is -1.29. The number of allylic oxidation sites excluding steroid dienone is 1. The number of rotatable bonds is 7. The van der Waals surface area contributed by atoms with Crippen LogP contribution in [0.5, 0.6) is 11.5 Å². The summed E-state index contributed by atoms with van der Waals surface area (Å²) in [5.74, 6) is 0.174. The van der Waals surface area contributed by atoms with E-state index in [0.717, 1.165) is 11.6 Å². The number of aromatic hydroxyl groups is 1. The minimum Gasteiger partial charge on any atom is -0.507 e. The fraction of sp³-hybridized carbons (Fsp3) is 0.526. The molecule has 1 aliphatic rings. The Hall–Kier alpha value is -1.79. The lowest BCUT2D eigenvalue weighted by atomic mass is 9.95. The maximum absolute atomic E-state index is 12.2. The number of ether oxygens (including phenoxy) is 2. The van der Waals surface area contributed by atoms with Gasteiger partial charge in [-0.1, -0.05) is 31.3 Å². The minimum absolute atomic E-state index is 0.0431. The van der Waals surface area contributed by atoms with Crippen molar-refractivity contribution < 1.29 is 24.5 Å². The Morgan fingerprint density at radius 3 is 2.64 bits per heavy atom. The highest BCUT2D eigenvalue weighted by molar-refractivity contribution is 6.76. The first-order valence-electron chi connectivity index (χ1n) is 8.59. The number of fused-ring (bicyclic) bond motifs is 1. The molecule has 0 aliphatic carbocycles. The van der Waals surface area contributed by atoms with Gasteiger partial charge in [-0.15, -0.1) is 0 Å². The molecule has 0 saturated heterocycles. The highest BCUT2D eigenvalue weighted by Gasteiger charge is 2.32. The van der Waals surface area contributed by atoms with Crippen LogP contribution in [0.15, 0.2) is 11.6 Å². The Balaban J connectivity index is 2.46. The maximum Gasteiger partial charge on any atom is 0.342 e. The summed E-state index contributed by atoms with van der Waals surface area (Å²) in [5.41, 5.74) is 3.18. The van der Waals surface area contributed by atoms with Crippen molar-refractivity contribution in [2.45, 2.75) is 52.6 Å². The molecule has 25 heavy (non-hydrogen) atoms. The van der Waals surface area contributed by atoms with Crippen LogP contribution in [0.2, 0.25) is 25.7 Å². The molecule has 0 spiro atoms. The van der Waals surface area contributed by atoms with Crippen molar-refractivity contribution in [1.29, 1.82) is 0 Å². The van der Waals surface area contributed by atoms with Crippen LogP contribution in [0.3, 0.4) is 0 Å². The third-order valence-electron chi connectivity index (χ3n) is 4.45. The zero-order valence-electron chi connectivity index (χ0n) is 15.7. The lowest BCUT2D eigenvalue weighted by Crippen LogP contribution is -2.23. The van der Waals surface area contributed by atoms with Gasteiger partial charge >= 0.3 is 5.97 Å². The number of benzene rings is 1. The molecule has 2 rings (SSSR count). The van der Waals surface area contributed by atoms with Gasteiger partial charge in [0.1, 0.15) is 23.7 Å². The molecule has 0 atom stereocenters. The van der Waals surface area contributed by atoms with E-state index in [1.54, 1.807) is 6.92 Å². The molecule has 1 aromatic rings.